The molecule has 6 heteroatoms. The lowest BCUT2D eigenvalue weighted by Crippen LogP contribution is -2.36. The van der Waals surface area contributed by atoms with E-state index in [0.717, 1.165) is 37.6 Å². The Morgan fingerprint density at radius 2 is 2.24 bits per heavy atom. The number of esters is 1. The van der Waals surface area contributed by atoms with Gasteiger partial charge in [-0.15, -0.1) is 0 Å². The first-order chi connectivity index (χ1) is 10.2. The topological polar surface area (TPSA) is 63.2 Å². The number of guanidine groups is 1. The third-order valence-corrected chi connectivity index (χ3v) is 3.44. The average Bonchev–Trinajstić information content (AvgIpc) is 2.92. The number of rotatable bonds is 5. The molecule has 0 aliphatic carbocycles. The second-order valence-electron chi connectivity index (χ2n) is 4.82. The van der Waals surface area contributed by atoms with Gasteiger partial charge in [-0.2, -0.15) is 0 Å². The van der Waals surface area contributed by atoms with Crippen molar-refractivity contribution >= 4 is 11.9 Å². The van der Waals surface area contributed by atoms with E-state index < -0.39 is 0 Å². The molecule has 0 saturated carbocycles. The Morgan fingerprint density at radius 1 is 1.43 bits per heavy atom. The molecule has 1 aromatic rings. The molecule has 114 valence electrons. The Balaban J connectivity index is 1.98. The van der Waals surface area contributed by atoms with E-state index in [2.05, 4.69) is 15.2 Å². The minimum Gasteiger partial charge on any atom is -0.496 e. The highest BCUT2D eigenvalue weighted by Gasteiger charge is 2.13. The zero-order valence-corrected chi connectivity index (χ0v) is 12.7. The van der Waals surface area contributed by atoms with Gasteiger partial charge in [-0.3, -0.25) is 4.99 Å². The fraction of sp³-hybridized carbons (Fsp3) is 0.467. The van der Waals surface area contributed by atoms with Crippen LogP contribution in [0.1, 0.15) is 15.9 Å². The van der Waals surface area contributed by atoms with Crippen molar-refractivity contribution < 1.29 is 14.3 Å². The molecule has 1 aliphatic heterocycles. The summed E-state index contributed by atoms with van der Waals surface area (Å²) in [6.45, 7) is 2.56. The van der Waals surface area contributed by atoms with Crippen molar-refractivity contribution in [2.24, 2.45) is 4.99 Å². The highest BCUT2D eigenvalue weighted by atomic mass is 16.5. The maximum atomic E-state index is 11.5. The van der Waals surface area contributed by atoms with Gasteiger partial charge in [-0.1, -0.05) is 6.07 Å². The number of nitrogens with one attached hydrogen (secondary N) is 1. The normalized spacial score (nSPS) is 13.9. The van der Waals surface area contributed by atoms with Gasteiger partial charge in [0.2, 0.25) is 0 Å². The Morgan fingerprint density at radius 3 is 2.86 bits per heavy atom. The summed E-state index contributed by atoms with van der Waals surface area (Å²) in [7, 11) is 4.98. The van der Waals surface area contributed by atoms with Crippen molar-refractivity contribution in [3.05, 3.63) is 29.3 Å². The molecular weight excluding hydrogens is 270 g/mol. The molecule has 1 N–H and O–H groups in total. The summed E-state index contributed by atoms with van der Waals surface area (Å²) in [5, 5.41) is 3.31. The molecule has 21 heavy (non-hydrogen) atoms. The molecular formula is C15H21N3O3. The third-order valence-electron chi connectivity index (χ3n) is 3.44. The molecule has 0 amide bonds. The largest absolute Gasteiger partial charge is 0.496 e. The molecule has 1 aliphatic rings. The highest BCUT2D eigenvalue weighted by molar-refractivity contribution is 5.90. The summed E-state index contributed by atoms with van der Waals surface area (Å²) < 4.78 is 10.1. The van der Waals surface area contributed by atoms with E-state index in [9.17, 15) is 4.79 Å². The number of carbonyl (C=O) groups excluding carboxylic acids is 1. The molecule has 1 heterocycles. The van der Waals surface area contributed by atoms with Gasteiger partial charge in [0, 0.05) is 20.1 Å². The number of hydrogen-bond donors (Lipinski definition) is 1. The van der Waals surface area contributed by atoms with Crippen LogP contribution >= 0.6 is 0 Å². The lowest BCUT2D eigenvalue weighted by atomic mass is 10.1. The molecule has 1 aromatic carbocycles. The van der Waals surface area contributed by atoms with Crippen LogP contribution in [0.2, 0.25) is 0 Å². The smallest absolute Gasteiger partial charge is 0.337 e. The van der Waals surface area contributed by atoms with Crippen LogP contribution in [0, 0.1) is 0 Å². The third kappa shape index (κ3) is 3.65. The molecule has 0 atom stereocenters. The van der Waals surface area contributed by atoms with Crippen molar-refractivity contribution in [1.82, 2.24) is 10.2 Å². The van der Waals surface area contributed by atoms with Gasteiger partial charge in [0.25, 0.3) is 0 Å². The van der Waals surface area contributed by atoms with Gasteiger partial charge in [0.1, 0.15) is 5.75 Å². The van der Waals surface area contributed by atoms with E-state index in [1.54, 1.807) is 19.2 Å². The van der Waals surface area contributed by atoms with Crippen molar-refractivity contribution in [2.75, 3.05) is 40.9 Å². The molecule has 0 saturated heterocycles. The summed E-state index contributed by atoms with van der Waals surface area (Å²) in [5.74, 6) is 1.27. The van der Waals surface area contributed by atoms with Crippen LogP contribution in [0.3, 0.4) is 0 Å². The van der Waals surface area contributed by atoms with Crippen molar-refractivity contribution in [3.8, 4) is 5.75 Å². The molecule has 0 unspecified atom stereocenters. The second-order valence-corrected chi connectivity index (χ2v) is 4.82. The van der Waals surface area contributed by atoms with E-state index in [4.69, 9.17) is 9.47 Å². The quantitative estimate of drug-likeness (QED) is 0.817. The lowest BCUT2D eigenvalue weighted by molar-refractivity contribution is 0.0600. The Bertz CT molecular complexity index is 543. The van der Waals surface area contributed by atoms with Gasteiger partial charge in [-0.05, 0) is 24.1 Å². The minimum atomic E-state index is -0.361. The van der Waals surface area contributed by atoms with Crippen LogP contribution in [0.15, 0.2) is 23.2 Å². The lowest BCUT2D eigenvalue weighted by Gasteiger charge is -2.16. The zero-order chi connectivity index (χ0) is 15.2. The van der Waals surface area contributed by atoms with E-state index in [-0.39, 0.29) is 5.97 Å². The Hall–Kier alpha value is -2.24. The van der Waals surface area contributed by atoms with Gasteiger partial charge in [0.15, 0.2) is 5.96 Å². The van der Waals surface area contributed by atoms with E-state index in [0.29, 0.717) is 11.3 Å². The molecule has 2 rings (SSSR count). The fourth-order valence-electron chi connectivity index (χ4n) is 2.23. The van der Waals surface area contributed by atoms with Crippen LogP contribution < -0.4 is 10.1 Å². The SMILES string of the molecule is COC(=O)c1ccc(CCNC2=NCCN2C)c(OC)c1. The van der Waals surface area contributed by atoms with Crippen LogP contribution in [0.25, 0.3) is 0 Å². The maximum Gasteiger partial charge on any atom is 0.337 e. The first-order valence-electron chi connectivity index (χ1n) is 6.90. The molecule has 0 spiro atoms. The van der Waals surface area contributed by atoms with Gasteiger partial charge in [-0.25, -0.2) is 4.79 Å². The standard InChI is InChI=1S/C15H21N3O3/c1-18-9-8-17-15(18)16-7-6-11-4-5-12(14(19)21-3)10-13(11)20-2/h4-5,10H,6-9H2,1-3H3,(H,16,17). The van der Waals surface area contributed by atoms with Gasteiger partial charge < -0.3 is 19.7 Å². The van der Waals surface area contributed by atoms with Crippen LogP contribution in [-0.4, -0.2) is 57.7 Å². The molecule has 0 aromatic heterocycles. The van der Waals surface area contributed by atoms with Crippen molar-refractivity contribution in [1.29, 1.82) is 0 Å². The van der Waals surface area contributed by atoms with Crippen molar-refractivity contribution in [3.63, 3.8) is 0 Å². The van der Waals surface area contributed by atoms with Crippen LogP contribution in [0.5, 0.6) is 5.75 Å². The van der Waals surface area contributed by atoms with Gasteiger partial charge in [0.05, 0.1) is 26.3 Å². The summed E-state index contributed by atoms with van der Waals surface area (Å²) in [6, 6.07) is 5.36. The van der Waals surface area contributed by atoms with Crippen molar-refractivity contribution in [2.45, 2.75) is 6.42 Å². The molecule has 6 nitrogen and oxygen atoms in total. The number of benzene rings is 1. The fourth-order valence-corrected chi connectivity index (χ4v) is 2.23. The van der Waals surface area contributed by atoms with E-state index in [1.807, 2.05) is 13.1 Å². The first kappa shape index (κ1) is 15.2. The summed E-state index contributed by atoms with van der Waals surface area (Å²) in [5.41, 5.74) is 1.53. The highest BCUT2D eigenvalue weighted by Crippen LogP contribution is 2.21. The number of nitrogens with zero attached hydrogens (tertiary/aromatic N) is 2. The van der Waals surface area contributed by atoms with E-state index in [1.165, 1.54) is 7.11 Å². The predicted molar refractivity (Wildman–Crippen MR) is 81.0 cm³/mol. The zero-order valence-electron chi connectivity index (χ0n) is 12.7. The number of likely N-dealkylation sites (N-methyl/N-ethyl adjacent to an activating group) is 1. The van der Waals surface area contributed by atoms with Crippen LogP contribution in [-0.2, 0) is 11.2 Å². The summed E-state index contributed by atoms with van der Waals surface area (Å²) in [4.78, 5) is 18.0. The molecule has 0 bridgehead atoms. The minimum absolute atomic E-state index is 0.361. The van der Waals surface area contributed by atoms with Crippen LogP contribution in [0.4, 0.5) is 0 Å². The number of carbonyl (C=O) groups is 1. The number of hydrogen-bond acceptors (Lipinski definition) is 6. The predicted octanol–water partition coefficient (Wildman–Crippen LogP) is 0.915. The first-order valence-corrected chi connectivity index (χ1v) is 6.90. The number of ether oxygens (including phenoxy) is 2. The number of methoxy groups -OCH3 is 2. The second kappa shape index (κ2) is 6.97. The van der Waals surface area contributed by atoms with E-state index >= 15 is 0 Å². The Labute approximate surface area is 124 Å². The molecule has 0 fully saturated rings. The number of aliphatic imine (C=N–C) groups is 1. The maximum absolute atomic E-state index is 11.5. The summed E-state index contributed by atoms with van der Waals surface area (Å²) in [6.07, 6.45) is 0.789. The Kier molecular flexibility index (Phi) is 5.03. The molecule has 0 radical (unpaired) electrons. The average molecular weight is 291 g/mol. The monoisotopic (exact) mass is 291 g/mol. The summed E-state index contributed by atoms with van der Waals surface area (Å²) >= 11 is 0. The van der Waals surface area contributed by atoms with Gasteiger partial charge >= 0.3 is 5.97 Å².